The first-order chi connectivity index (χ1) is 8.54. The summed E-state index contributed by atoms with van der Waals surface area (Å²) in [7, 11) is 0. The summed E-state index contributed by atoms with van der Waals surface area (Å²) < 4.78 is 0. The molecule has 18 heavy (non-hydrogen) atoms. The molecule has 100 valence electrons. The van der Waals surface area contributed by atoms with E-state index in [1.165, 1.54) is 5.56 Å². The Hall–Kier alpha value is -0.860. The maximum absolute atomic E-state index is 6.23. The van der Waals surface area contributed by atoms with Gasteiger partial charge in [0.1, 0.15) is 0 Å². The average molecular weight is 246 g/mol. The summed E-state index contributed by atoms with van der Waals surface area (Å²) in [6.07, 6.45) is 2.27. The van der Waals surface area contributed by atoms with Gasteiger partial charge in [0.15, 0.2) is 0 Å². The summed E-state index contributed by atoms with van der Waals surface area (Å²) in [6.45, 7) is 9.09. The van der Waals surface area contributed by atoms with Crippen LogP contribution in [-0.4, -0.2) is 24.0 Å². The number of rotatable bonds is 3. The third-order valence-corrected chi connectivity index (χ3v) is 4.35. The Labute approximate surface area is 111 Å². The van der Waals surface area contributed by atoms with Crippen molar-refractivity contribution < 1.29 is 0 Å². The number of hydrogen-bond acceptors (Lipinski definition) is 2. The Balaban J connectivity index is 2.15. The number of nitrogens with two attached hydrogens (primary N) is 1. The molecule has 2 unspecified atom stereocenters. The second-order valence-corrected chi connectivity index (χ2v) is 6.19. The van der Waals surface area contributed by atoms with Crippen LogP contribution in [0.2, 0.25) is 0 Å². The minimum absolute atomic E-state index is 0.223. The van der Waals surface area contributed by atoms with Crippen LogP contribution in [0.5, 0.6) is 0 Å². The quantitative estimate of drug-likeness (QED) is 0.887. The van der Waals surface area contributed by atoms with Gasteiger partial charge in [-0.25, -0.2) is 0 Å². The Morgan fingerprint density at radius 3 is 2.56 bits per heavy atom. The average Bonchev–Trinajstić information content (AvgIpc) is 2.36. The SMILES string of the molecule is CCC(c1ccccc1)N1CCC(N)C(C)(C)C1. The molecule has 2 nitrogen and oxygen atoms in total. The maximum atomic E-state index is 6.23. The van der Waals surface area contributed by atoms with Crippen molar-refractivity contribution in [1.82, 2.24) is 4.90 Å². The highest BCUT2D eigenvalue weighted by Crippen LogP contribution is 2.34. The predicted octanol–water partition coefficient (Wildman–Crippen LogP) is 3.20. The van der Waals surface area contributed by atoms with Crippen molar-refractivity contribution in [2.75, 3.05) is 13.1 Å². The second-order valence-electron chi connectivity index (χ2n) is 6.19. The molecule has 0 saturated carbocycles. The minimum atomic E-state index is 0.223. The number of piperidine rings is 1. The van der Waals surface area contributed by atoms with Crippen molar-refractivity contribution in [3.05, 3.63) is 35.9 Å². The molecule has 1 heterocycles. The highest BCUT2D eigenvalue weighted by Gasteiger charge is 2.35. The van der Waals surface area contributed by atoms with Gasteiger partial charge in [0.25, 0.3) is 0 Å². The molecule has 0 radical (unpaired) electrons. The van der Waals surface area contributed by atoms with E-state index in [0.29, 0.717) is 12.1 Å². The van der Waals surface area contributed by atoms with Crippen molar-refractivity contribution >= 4 is 0 Å². The van der Waals surface area contributed by atoms with Gasteiger partial charge in [0.2, 0.25) is 0 Å². The first kappa shape index (κ1) is 13.6. The molecule has 1 aromatic carbocycles. The summed E-state index contributed by atoms with van der Waals surface area (Å²) in [5.41, 5.74) is 7.89. The van der Waals surface area contributed by atoms with Crippen LogP contribution in [0.1, 0.15) is 45.2 Å². The zero-order valence-electron chi connectivity index (χ0n) is 11.9. The lowest BCUT2D eigenvalue weighted by Gasteiger charge is -2.45. The van der Waals surface area contributed by atoms with Gasteiger partial charge in [-0.15, -0.1) is 0 Å². The van der Waals surface area contributed by atoms with E-state index in [1.807, 2.05) is 0 Å². The summed E-state index contributed by atoms with van der Waals surface area (Å²) >= 11 is 0. The number of likely N-dealkylation sites (tertiary alicyclic amines) is 1. The lowest BCUT2D eigenvalue weighted by Crippen LogP contribution is -2.53. The van der Waals surface area contributed by atoms with Crippen molar-refractivity contribution in [3.8, 4) is 0 Å². The van der Waals surface area contributed by atoms with Crippen LogP contribution in [0.15, 0.2) is 30.3 Å². The fraction of sp³-hybridized carbons (Fsp3) is 0.625. The lowest BCUT2D eigenvalue weighted by molar-refractivity contribution is 0.0588. The van der Waals surface area contributed by atoms with Gasteiger partial charge < -0.3 is 5.73 Å². The molecule has 1 fully saturated rings. The van der Waals surface area contributed by atoms with E-state index in [1.54, 1.807) is 0 Å². The Morgan fingerprint density at radius 1 is 1.33 bits per heavy atom. The van der Waals surface area contributed by atoms with E-state index in [4.69, 9.17) is 5.73 Å². The predicted molar refractivity (Wildman–Crippen MR) is 77.4 cm³/mol. The second kappa shape index (κ2) is 5.41. The van der Waals surface area contributed by atoms with Crippen LogP contribution in [0.3, 0.4) is 0 Å². The molecule has 0 bridgehead atoms. The molecule has 2 atom stereocenters. The van der Waals surface area contributed by atoms with E-state index >= 15 is 0 Å². The van der Waals surface area contributed by atoms with Crippen LogP contribution in [0.25, 0.3) is 0 Å². The molecule has 1 aromatic rings. The molecule has 2 heteroatoms. The highest BCUT2D eigenvalue weighted by atomic mass is 15.2. The van der Waals surface area contributed by atoms with E-state index < -0.39 is 0 Å². The molecule has 0 aliphatic carbocycles. The fourth-order valence-electron chi connectivity index (χ4n) is 3.06. The molecular formula is C16H26N2. The largest absolute Gasteiger partial charge is 0.327 e. The molecule has 2 N–H and O–H groups in total. The van der Waals surface area contributed by atoms with Crippen molar-refractivity contribution in [2.24, 2.45) is 11.1 Å². The monoisotopic (exact) mass is 246 g/mol. The van der Waals surface area contributed by atoms with Crippen molar-refractivity contribution in [1.29, 1.82) is 0 Å². The van der Waals surface area contributed by atoms with Gasteiger partial charge in [-0.1, -0.05) is 51.1 Å². The minimum Gasteiger partial charge on any atom is -0.327 e. The third-order valence-electron chi connectivity index (χ3n) is 4.35. The fourth-order valence-corrected chi connectivity index (χ4v) is 3.06. The number of nitrogens with zero attached hydrogens (tertiary/aromatic N) is 1. The van der Waals surface area contributed by atoms with Crippen LogP contribution in [0.4, 0.5) is 0 Å². The lowest BCUT2D eigenvalue weighted by atomic mass is 9.78. The number of benzene rings is 1. The normalized spacial score (nSPS) is 25.9. The summed E-state index contributed by atoms with van der Waals surface area (Å²) in [6, 6.07) is 11.7. The summed E-state index contributed by atoms with van der Waals surface area (Å²) in [5.74, 6) is 0. The summed E-state index contributed by atoms with van der Waals surface area (Å²) in [4.78, 5) is 2.61. The molecular weight excluding hydrogens is 220 g/mol. The standard InChI is InChI=1S/C16H26N2/c1-4-14(13-8-6-5-7-9-13)18-11-10-15(17)16(2,3)12-18/h5-9,14-15H,4,10-12,17H2,1-3H3. The van der Waals surface area contributed by atoms with Crippen LogP contribution < -0.4 is 5.73 Å². The van der Waals surface area contributed by atoms with Gasteiger partial charge in [0.05, 0.1) is 0 Å². The Bertz CT molecular complexity index is 372. The highest BCUT2D eigenvalue weighted by molar-refractivity contribution is 5.19. The van der Waals surface area contributed by atoms with Gasteiger partial charge in [-0.05, 0) is 23.8 Å². The molecule has 0 amide bonds. The van der Waals surface area contributed by atoms with Gasteiger partial charge in [0, 0.05) is 25.2 Å². The summed E-state index contributed by atoms with van der Waals surface area (Å²) in [5, 5.41) is 0. The molecule has 0 spiro atoms. The van der Waals surface area contributed by atoms with Crippen LogP contribution in [0, 0.1) is 5.41 Å². The van der Waals surface area contributed by atoms with Crippen molar-refractivity contribution in [3.63, 3.8) is 0 Å². The zero-order valence-corrected chi connectivity index (χ0v) is 11.9. The molecule has 1 aliphatic heterocycles. The first-order valence-electron chi connectivity index (χ1n) is 7.09. The third kappa shape index (κ3) is 2.76. The zero-order chi connectivity index (χ0) is 13.2. The van der Waals surface area contributed by atoms with E-state index in [-0.39, 0.29) is 5.41 Å². The van der Waals surface area contributed by atoms with Crippen LogP contribution >= 0.6 is 0 Å². The van der Waals surface area contributed by atoms with Gasteiger partial charge >= 0.3 is 0 Å². The van der Waals surface area contributed by atoms with E-state index in [2.05, 4.69) is 56.0 Å². The Morgan fingerprint density at radius 2 is 2.00 bits per heavy atom. The first-order valence-corrected chi connectivity index (χ1v) is 7.09. The van der Waals surface area contributed by atoms with Gasteiger partial charge in [-0.3, -0.25) is 4.90 Å². The van der Waals surface area contributed by atoms with E-state index in [9.17, 15) is 0 Å². The van der Waals surface area contributed by atoms with Crippen molar-refractivity contribution in [2.45, 2.75) is 45.7 Å². The Kier molecular flexibility index (Phi) is 4.08. The topological polar surface area (TPSA) is 29.3 Å². The maximum Gasteiger partial charge on any atom is 0.0345 e. The molecule has 0 aromatic heterocycles. The molecule has 2 rings (SSSR count). The van der Waals surface area contributed by atoms with Crippen LogP contribution in [-0.2, 0) is 0 Å². The molecule has 1 aliphatic rings. The smallest absolute Gasteiger partial charge is 0.0345 e. The van der Waals surface area contributed by atoms with Gasteiger partial charge in [-0.2, -0.15) is 0 Å². The van der Waals surface area contributed by atoms with E-state index in [0.717, 1.165) is 25.9 Å². The number of hydrogen-bond donors (Lipinski definition) is 1. The molecule has 1 saturated heterocycles.